The van der Waals surface area contributed by atoms with Gasteiger partial charge in [0.1, 0.15) is 6.54 Å². The van der Waals surface area contributed by atoms with E-state index in [0.29, 0.717) is 6.42 Å². The van der Waals surface area contributed by atoms with E-state index in [1.165, 1.54) is 0 Å². The van der Waals surface area contributed by atoms with Gasteiger partial charge in [0.15, 0.2) is 0 Å². The number of carbonyl (C=O) groups excluding carboxylic acids is 1. The van der Waals surface area contributed by atoms with E-state index in [1.54, 1.807) is 0 Å². The number of carboxylic acid groups (broad SMARTS) is 1. The largest absolute Gasteiger partial charge is 0.480 e. The maximum atomic E-state index is 10.7. The van der Waals surface area contributed by atoms with Crippen molar-refractivity contribution in [2.75, 3.05) is 6.54 Å². The van der Waals surface area contributed by atoms with Crippen molar-refractivity contribution in [3.8, 4) is 0 Å². The summed E-state index contributed by atoms with van der Waals surface area (Å²) in [6, 6.07) is 0. The van der Waals surface area contributed by atoms with E-state index < -0.39 is 5.97 Å². The molecule has 0 fully saturated rings. The molecule has 5 nitrogen and oxygen atoms in total. The molecule has 0 saturated carbocycles. The lowest BCUT2D eigenvalue weighted by Gasteiger charge is -1.99. The summed E-state index contributed by atoms with van der Waals surface area (Å²) in [6.07, 6.45) is 2.18. The molecular weight excluding hydrogens is 162 g/mol. The van der Waals surface area contributed by atoms with Crippen molar-refractivity contribution in [3.63, 3.8) is 0 Å². The number of carboxylic acids is 1. The molecule has 0 aliphatic carbocycles. The molecule has 5 heteroatoms. The van der Waals surface area contributed by atoms with Gasteiger partial charge < -0.3 is 15.9 Å². The molecule has 0 saturated heterocycles. The van der Waals surface area contributed by atoms with Crippen molar-refractivity contribution in [3.05, 3.63) is 0 Å². The number of hydrogen-bond acceptors (Lipinski definition) is 2. The third-order valence-corrected chi connectivity index (χ3v) is 1.19. The Morgan fingerprint density at radius 2 is 2.00 bits per heavy atom. The van der Waals surface area contributed by atoms with E-state index in [1.807, 2.05) is 6.92 Å². The van der Waals surface area contributed by atoms with E-state index in [4.69, 9.17) is 5.11 Å². The standard InChI is InChI=1S/C7H13NO3.H2O/c1-2-3-4-6(9)8-5-7(10)11;/h2-5H2,1H3,(H,8,9)(H,10,11);1H2. The summed E-state index contributed by atoms with van der Waals surface area (Å²) in [5.74, 6) is -1.19. The van der Waals surface area contributed by atoms with Crippen LogP contribution in [-0.4, -0.2) is 29.0 Å². The second-order valence-electron chi connectivity index (χ2n) is 2.27. The molecule has 0 bridgehead atoms. The first-order chi connectivity index (χ1) is 5.16. The van der Waals surface area contributed by atoms with Crippen LogP contribution in [0.5, 0.6) is 0 Å². The summed E-state index contributed by atoms with van der Waals surface area (Å²) in [5, 5.41) is 10.5. The summed E-state index contributed by atoms with van der Waals surface area (Å²) in [7, 11) is 0. The van der Waals surface area contributed by atoms with Crippen molar-refractivity contribution in [1.29, 1.82) is 0 Å². The van der Waals surface area contributed by atoms with E-state index >= 15 is 0 Å². The van der Waals surface area contributed by atoms with Crippen LogP contribution in [0.25, 0.3) is 0 Å². The molecule has 1 amide bonds. The van der Waals surface area contributed by atoms with Crippen LogP contribution in [0.15, 0.2) is 0 Å². The molecule has 0 atom stereocenters. The molecule has 0 aromatic heterocycles. The minimum atomic E-state index is -1.00. The van der Waals surface area contributed by atoms with E-state index in [0.717, 1.165) is 12.8 Å². The van der Waals surface area contributed by atoms with Gasteiger partial charge in [0.25, 0.3) is 0 Å². The fourth-order valence-electron chi connectivity index (χ4n) is 0.600. The second kappa shape index (κ2) is 8.00. The first-order valence-corrected chi connectivity index (χ1v) is 3.65. The zero-order chi connectivity index (χ0) is 8.69. The van der Waals surface area contributed by atoms with Gasteiger partial charge in [-0.25, -0.2) is 0 Å². The fourth-order valence-corrected chi connectivity index (χ4v) is 0.600. The molecule has 0 radical (unpaired) electrons. The number of unbranched alkanes of at least 4 members (excludes halogenated alkanes) is 1. The maximum Gasteiger partial charge on any atom is 0.322 e. The molecule has 72 valence electrons. The highest BCUT2D eigenvalue weighted by Crippen LogP contribution is 1.92. The molecule has 0 spiro atoms. The molecule has 0 aliphatic heterocycles. The zero-order valence-corrected chi connectivity index (χ0v) is 7.09. The molecule has 0 aromatic rings. The van der Waals surface area contributed by atoms with Crippen molar-refractivity contribution in [2.45, 2.75) is 26.2 Å². The SMILES string of the molecule is CCCCC(=O)NCC(=O)O.O. The summed E-state index contributed by atoms with van der Waals surface area (Å²) in [6.45, 7) is 1.70. The molecule has 0 unspecified atom stereocenters. The lowest BCUT2D eigenvalue weighted by Crippen LogP contribution is -2.28. The first kappa shape index (κ1) is 13.5. The lowest BCUT2D eigenvalue weighted by molar-refractivity contribution is -0.137. The van der Waals surface area contributed by atoms with Crippen LogP contribution in [0, 0.1) is 0 Å². The van der Waals surface area contributed by atoms with Gasteiger partial charge in [-0.15, -0.1) is 0 Å². The molecule has 4 N–H and O–H groups in total. The van der Waals surface area contributed by atoms with E-state index in [-0.39, 0.29) is 17.9 Å². The number of carbonyl (C=O) groups is 2. The molecule has 0 aliphatic rings. The Morgan fingerprint density at radius 1 is 1.42 bits per heavy atom. The summed E-state index contributed by atoms with van der Waals surface area (Å²) in [5.41, 5.74) is 0. The van der Waals surface area contributed by atoms with Crippen molar-refractivity contribution >= 4 is 11.9 Å². The highest BCUT2D eigenvalue weighted by molar-refractivity contribution is 5.80. The van der Waals surface area contributed by atoms with Crippen molar-refractivity contribution < 1.29 is 20.2 Å². The summed E-state index contributed by atoms with van der Waals surface area (Å²) < 4.78 is 0. The van der Waals surface area contributed by atoms with Crippen LogP contribution in [0.3, 0.4) is 0 Å². The van der Waals surface area contributed by atoms with Gasteiger partial charge in [0.2, 0.25) is 5.91 Å². The highest BCUT2D eigenvalue weighted by Gasteiger charge is 2.01. The normalized spacial score (nSPS) is 8.42. The van der Waals surface area contributed by atoms with Gasteiger partial charge in [0, 0.05) is 6.42 Å². The van der Waals surface area contributed by atoms with Crippen LogP contribution >= 0.6 is 0 Å². The minimum Gasteiger partial charge on any atom is -0.480 e. The number of nitrogens with one attached hydrogen (secondary N) is 1. The van der Waals surface area contributed by atoms with Crippen LogP contribution in [0.2, 0.25) is 0 Å². The Labute approximate surface area is 71.1 Å². The first-order valence-electron chi connectivity index (χ1n) is 3.65. The topological polar surface area (TPSA) is 97.9 Å². The molecule has 0 heterocycles. The lowest BCUT2D eigenvalue weighted by atomic mass is 10.2. The smallest absolute Gasteiger partial charge is 0.322 e. The third kappa shape index (κ3) is 8.90. The molecule has 0 aromatic carbocycles. The predicted octanol–water partition coefficient (Wildman–Crippen LogP) is -0.447. The average molecular weight is 177 g/mol. The second-order valence-corrected chi connectivity index (χ2v) is 2.27. The number of aliphatic carboxylic acids is 1. The Bertz CT molecular complexity index is 146. The number of rotatable bonds is 5. The van der Waals surface area contributed by atoms with Gasteiger partial charge >= 0.3 is 5.97 Å². The Hall–Kier alpha value is -1.10. The van der Waals surface area contributed by atoms with E-state index in [9.17, 15) is 9.59 Å². The minimum absolute atomic E-state index is 0. The Morgan fingerprint density at radius 3 is 2.42 bits per heavy atom. The van der Waals surface area contributed by atoms with Crippen LogP contribution in [0.1, 0.15) is 26.2 Å². The van der Waals surface area contributed by atoms with E-state index in [2.05, 4.69) is 5.32 Å². The molecular formula is C7H15NO4. The molecule has 0 rings (SSSR count). The average Bonchev–Trinajstić information content (AvgIpc) is 1.97. The summed E-state index contributed by atoms with van der Waals surface area (Å²) >= 11 is 0. The van der Waals surface area contributed by atoms with Crippen LogP contribution in [-0.2, 0) is 9.59 Å². The number of hydrogen-bond donors (Lipinski definition) is 2. The van der Waals surface area contributed by atoms with Crippen LogP contribution < -0.4 is 5.32 Å². The predicted molar refractivity (Wildman–Crippen MR) is 43.8 cm³/mol. The Balaban J connectivity index is 0. The number of amides is 1. The third-order valence-electron chi connectivity index (χ3n) is 1.19. The van der Waals surface area contributed by atoms with Crippen molar-refractivity contribution in [1.82, 2.24) is 5.32 Å². The highest BCUT2D eigenvalue weighted by atomic mass is 16.4. The quantitative estimate of drug-likeness (QED) is 0.595. The van der Waals surface area contributed by atoms with Gasteiger partial charge in [-0.1, -0.05) is 13.3 Å². The van der Waals surface area contributed by atoms with Crippen LogP contribution in [0.4, 0.5) is 0 Å². The van der Waals surface area contributed by atoms with Gasteiger partial charge in [-0.05, 0) is 6.42 Å². The monoisotopic (exact) mass is 177 g/mol. The van der Waals surface area contributed by atoms with Crippen molar-refractivity contribution in [2.24, 2.45) is 0 Å². The van der Waals surface area contributed by atoms with Gasteiger partial charge in [-0.3, -0.25) is 9.59 Å². The summed E-state index contributed by atoms with van der Waals surface area (Å²) in [4.78, 5) is 20.7. The molecule has 12 heavy (non-hydrogen) atoms. The maximum absolute atomic E-state index is 10.7. The fraction of sp³-hybridized carbons (Fsp3) is 0.714. The zero-order valence-electron chi connectivity index (χ0n) is 7.09. The Kier molecular flexibility index (Phi) is 8.99. The van der Waals surface area contributed by atoms with Gasteiger partial charge in [-0.2, -0.15) is 0 Å². The van der Waals surface area contributed by atoms with Gasteiger partial charge in [0.05, 0.1) is 0 Å².